The maximum atomic E-state index is 13.3. The van der Waals surface area contributed by atoms with Gasteiger partial charge in [0.2, 0.25) is 0 Å². The summed E-state index contributed by atoms with van der Waals surface area (Å²) in [4.78, 5) is 17.3. The highest BCUT2D eigenvalue weighted by Crippen LogP contribution is 2.32. The standard InChI is InChI=1S/C25H22N4O2/c1-31-20-7-8-21-22(15-20)24(19-5-3-2-4-6-19)23(16-26)29(25(21)30)14-13-28-17-18-9-11-27-12-10-18/h2-12,15,28H,13-14,17H2,1H3. The topological polar surface area (TPSA) is 79.9 Å². The Labute approximate surface area is 180 Å². The number of nitrogens with one attached hydrogen (secondary N) is 1. The first-order chi connectivity index (χ1) is 15.2. The zero-order valence-electron chi connectivity index (χ0n) is 17.2. The molecule has 0 radical (unpaired) electrons. The summed E-state index contributed by atoms with van der Waals surface area (Å²) in [6.07, 6.45) is 3.50. The molecule has 0 saturated heterocycles. The predicted molar refractivity (Wildman–Crippen MR) is 121 cm³/mol. The van der Waals surface area contributed by atoms with Gasteiger partial charge in [-0.3, -0.25) is 14.3 Å². The van der Waals surface area contributed by atoms with Crippen LogP contribution in [0.2, 0.25) is 0 Å². The molecule has 0 bridgehead atoms. The van der Waals surface area contributed by atoms with E-state index >= 15 is 0 Å². The van der Waals surface area contributed by atoms with E-state index in [1.54, 1.807) is 36.2 Å². The van der Waals surface area contributed by atoms with E-state index in [1.807, 2.05) is 48.5 Å². The van der Waals surface area contributed by atoms with Crippen LogP contribution >= 0.6 is 0 Å². The van der Waals surface area contributed by atoms with Gasteiger partial charge in [0, 0.05) is 48.4 Å². The summed E-state index contributed by atoms with van der Waals surface area (Å²) in [5, 5.41) is 14.7. The third-order valence-corrected chi connectivity index (χ3v) is 5.24. The average Bonchev–Trinajstić information content (AvgIpc) is 2.83. The van der Waals surface area contributed by atoms with E-state index < -0.39 is 0 Å². The molecular formula is C25H22N4O2. The maximum Gasteiger partial charge on any atom is 0.259 e. The van der Waals surface area contributed by atoms with E-state index in [2.05, 4.69) is 16.4 Å². The van der Waals surface area contributed by atoms with Gasteiger partial charge in [-0.15, -0.1) is 0 Å². The highest BCUT2D eigenvalue weighted by molar-refractivity contribution is 5.99. The maximum absolute atomic E-state index is 13.3. The molecule has 1 N–H and O–H groups in total. The van der Waals surface area contributed by atoms with E-state index in [4.69, 9.17) is 4.74 Å². The number of hydrogen-bond donors (Lipinski definition) is 1. The molecule has 0 unspecified atom stereocenters. The summed E-state index contributed by atoms with van der Waals surface area (Å²) in [6, 6.07) is 21.2. The van der Waals surface area contributed by atoms with Crippen LogP contribution in [0.15, 0.2) is 77.9 Å². The molecule has 6 heteroatoms. The van der Waals surface area contributed by atoms with Gasteiger partial charge in [-0.2, -0.15) is 5.26 Å². The quantitative estimate of drug-likeness (QED) is 0.470. The molecule has 0 aliphatic rings. The molecule has 6 nitrogen and oxygen atoms in total. The number of fused-ring (bicyclic) bond motifs is 1. The monoisotopic (exact) mass is 410 g/mol. The first-order valence-corrected chi connectivity index (χ1v) is 10.0. The number of nitrogens with zero attached hydrogens (tertiary/aromatic N) is 3. The smallest absolute Gasteiger partial charge is 0.259 e. The lowest BCUT2D eigenvalue weighted by Crippen LogP contribution is -2.29. The van der Waals surface area contributed by atoms with Gasteiger partial charge in [-0.1, -0.05) is 30.3 Å². The zero-order valence-corrected chi connectivity index (χ0v) is 17.2. The fraction of sp³-hybridized carbons (Fsp3) is 0.160. The molecule has 2 aromatic carbocycles. The van der Waals surface area contributed by atoms with Crippen LogP contribution in [0.1, 0.15) is 11.3 Å². The number of methoxy groups -OCH3 is 1. The van der Waals surface area contributed by atoms with Crippen LogP contribution in [-0.2, 0) is 13.1 Å². The van der Waals surface area contributed by atoms with Crippen LogP contribution in [0.3, 0.4) is 0 Å². The molecule has 2 aromatic heterocycles. The molecule has 0 spiro atoms. The largest absolute Gasteiger partial charge is 0.497 e. The summed E-state index contributed by atoms with van der Waals surface area (Å²) >= 11 is 0. The second-order valence-corrected chi connectivity index (χ2v) is 7.10. The lowest BCUT2D eigenvalue weighted by atomic mass is 9.97. The molecule has 4 rings (SSSR count). The van der Waals surface area contributed by atoms with Gasteiger partial charge in [-0.05, 0) is 41.5 Å². The third kappa shape index (κ3) is 4.18. The van der Waals surface area contributed by atoms with Crippen molar-refractivity contribution in [2.24, 2.45) is 0 Å². The summed E-state index contributed by atoms with van der Waals surface area (Å²) in [5.41, 5.74) is 2.90. The molecule has 0 amide bonds. The lowest BCUT2D eigenvalue weighted by Gasteiger charge is -2.17. The van der Waals surface area contributed by atoms with Crippen LogP contribution in [0.4, 0.5) is 0 Å². The molecule has 0 aliphatic heterocycles. The first-order valence-electron chi connectivity index (χ1n) is 10.0. The second-order valence-electron chi connectivity index (χ2n) is 7.10. The number of nitriles is 1. The molecule has 0 saturated carbocycles. The van der Waals surface area contributed by atoms with E-state index in [0.29, 0.717) is 41.9 Å². The summed E-state index contributed by atoms with van der Waals surface area (Å²) in [6.45, 7) is 1.59. The molecule has 4 aromatic rings. The number of rotatable bonds is 7. The Kier molecular flexibility index (Phi) is 6.06. The van der Waals surface area contributed by atoms with E-state index in [0.717, 1.165) is 16.7 Å². The Morgan fingerprint density at radius 2 is 1.84 bits per heavy atom. The lowest BCUT2D eigenvalue weighted by molar-refractivity contribution is 0.415. The van der Waals surface area contributed by atoms with Crippen molar-refractivity contribution in [3.8, 4) is 22.9 Å². The summed E-state index contributed by atoms with van der Waals surface area (Å²) in [7, 11) is 1.59. The van der Waals surface area contributed by atoms with Crippen molar-refractivity contribution in [1.29, 1.82) is 5.26 Å². The molecule has 31 heavy (non-hydrogen) atoms. The summed E-state index contributed by atoms with van der Waals surface area (Å²) < 4.78 is 6.94. The van der Waals surface area contributed by atoms with Gasteiger partial charge >= 0.3 is 0 Å². The Morgan fingerprint density at radius 3 is 2.55 bits per heavy atom. The average molecular weight is 410 g/mol. The fourth-order valence-electron chi connectivity index (χ4n) is 3.70. The van der Waals surface area contributed by atoms with Crippen LogP contribution in [0.5, 0.6) is 5.75 Å². The van der Waals surface area contributed by atoms with E-state index in [9.17, 15) is 10.1 Å². The minimum absolute atomic E-state index is 0.181. The molecule has 154 valence electrons. The molecule has 0 fully saturated rings. The van der Waals surface area contributed by atoms with Crippen molar-refractivity contribution < 1.29 is 4.74 Å². The normalized spacial score (nSPS) is 10.7. The van der Waals surface area contributed by atoms with Gasteiger partial charge in [0.25, 0.3) is 5.56 Å². The van der Waals surface area contributed by atoms with Crippen molar-refractivity contribution in [1.82, 2.24) is 14.9 Å². The number of benzene rings is 2. The third-order valence-electron chi connectivity index (χ3n) is 5.24. The Balaban J connectivity index is 1.77. The summed E-state index contributed by atoms with van der Waals surface area (Å²) in [5.74, 6) is 0.643. The van der Waals surface area contributed by atoms with Gasteiger partial charge in [0.15, 0.2) is 0 Å². The Morgan fingerprint density at radius 1 is 1.06 bits per heavy atom. The van der Waals surface area contributed by atoms with Gasteiger partial charge in [0.05, 0.1) is 7.11 Å². The van der Waals surface area contributed by atoms with Crippen molar-refractivity contribution in [2.45, 2.75) is 13.1 Å². The highest BCUT2D eigenvalue weighted by Gasteiger charge is 2.18. The number of aromatic nitrogens is 2. The van der Waals surface area contributed by atoms with Crippen LogP contribution < -0.4 is 15.6 Å². The minimum Gasteiger partial charge on any atom is -0.497 e. The van der Waals surface area contributed by atoms with Crippen molar-refractivity contribution in [3.05, 3.63) is 94.7 Å². The van der Waals surface area contributed by atoms with Crippen LogP contribution in [0.25, 0.3) is 21.9 Å². The minimum atomic E-state index is -0.181. The number of hydrogen-bond acceptors (Lipinski definition) is 5. The highest BCUT2D eigenvalue weighted by atomic mass is 16.5. The molecule has 0 aliphatic carbocycles. The Bertz CT molecular complexity index is 1290. The van der Waals surface area contributed by atoms with Gasteiger partial charge in [0.1, 0.15) is 17.5 Å². The second kappa shape index (κ2) is 9.24. The number of ether oxygens (including phenoxy) is 1. The molecule has 2 heterocycles. The van der Waals surface area contributed by atoms with Gasteiger partial charge < -0.3 is 10.1 Å². The first kappa shape index (κ1) is 20.3. The van der Waals surface area contributed by atoms with Crippen molar-refractivity contribution in [2.75, 3.05) is 13.7 Å². The molecule has 0 atom stereocenters. The fourth-order valence-corrected chi connectivity index (χ4v) is 3.70. The van der Waals surface area contributed by atoms with E-state index in [1.165, 1.54) is 0 Å². The van der Waals surface area contributed by atoms with Crippen LogP contribution in [-0.4, -0.2) is 23.2 Å². The SMILES string of the molecule is COc1ccc2c(=O)n(CCNCc3ccncc3)c(C#N)c(-c3ccccc3)c2c1. The zero-order chi connectivity index (χ0) is 21.6. The predicted octanol–water partition coefficient (Wildman–Crippen LogP) is 3.73. The molecular weight excluding hydrogens is 388 g/mol. The van der Waals surface area contributed by atoms with Crippen LogP contribution in [0, 0.1) is 11.3 Å². The van der Waals surface area contributed by atoms with Crippen molar-refractivity contribution in [3.63, 3.8) is 0 Å². The Hall–Kier alpha value is -3.95. The van der Waals surface area contributed by atoms with E-state index in [-0.39, 0.29) is 5.56 Å². The van der Waals surface area contributed by atoms with Gasteiger partial charge in [-0.25, -0.2) is 0 Å². The number of pyridine rings is 2. The van der Waals surface area contributed by atoms with Crippen molar-refractivity contribution >= 4 is 10.8 Å².